The lowest BCUT2D eigenvalue weighted by molar-refractivity contribution is 0.651. The molecule has 0 N–H and O–H groups in total. The summed E-state index contributed by atoms with van der Waals surface area (Å²) < 4.78 is 11.3. The fraction of sp³-hybridized carbons (Fsp3) is 0. The first kappa shape index (κ1) is 32.7. The van der Waals surface area contributed by atoms with E-state index in [1.54, 1.807) is 0 Å². The first-order valence-electron chi connectivity index (χ1n) is 20.8. The van der Waals surface area contributed by atoms with Crippen molar-refractivity contribution in [3.05, 3.63) is 194 Å². The van der Waals surface area contributed by atoms with Crippen molar-refractivity contribution in [2.45, 2.75) is 0 Å². The van der Waals surface area contributed by atoms with Gasteiger partial charge in [0.2, 0.25) is 11.7 Å². The predicted molar refractivity (Wildman–Crippen MR) is 253 cm³/mol. The van der Waals surface area contributed by atoms with Crippen LogP contribution in [0.4, 0.5) is 0 Å². The standard InChI is InChI=1S/C56H32N4O/c1-2-15-35(16-3-1)59-46-24-12-10-21-40(46)41-28-27-34(32-48(41)59)53-52-44-23-11-13-25-49(44)61-55(52)58-56(57-53)60-47-31-30-43-39-20-7-6-18-37(39)38-19-8-9-22-42(38)50(43)51(47)45-29-26-33-14-4-5-17-36(33)54(45)60/h1-32H. The van der Waals surface area contributed by atoms with Gasteiger partial charge in [0, 0.05) is 49.0 Å². The monoisotopic (exact) mass is 776 g/mol. The number of rotatable bonds is 3. The molecule has 0 saturated carbocycles. The van der Waals surface area contributed by atoms with Crippen LogP contribution >= 0.6 is 0 Å². The van der Waals surface area contributed by atoms with Crippen LogP contribution in [0, 0.1) is 0 Å². The lowest BCUT2D eigenvalue weighted by Crippen LogP contribution is -2.03. The third-order valence-corrected chi connectivity index (χ3v) is 12.9. The lowest BCUT2D eigenvalue weighted by atomic mass is 9.91. The van der Waals surface area contributed by atoms with Gasteiger partial charge < -0.3 is 8.98 Å². The first-order valence-corrected chi connectivity index (χ1v) is 20.8. The van der Waals surface area contributed by atoms with Gasteiger partial charge in [-0.25, -0.2) is 4.98 Å². The maximum absolute atomic E-state index is 6.70. The minimum atomic E-state index is 0.553. The smallest absolute Gasteiger partial charge is 0.238 e. The summed E-state index contributed by atoms with van der Waals surface area (Å²) in [6, 6.07) is 69.6. The minimum Gasteiger partial charge on any atom is -0.437 e. The van der Waals surface area contributed by atoms with Crippen LogP contribution in [0.2, 0.25) is 0 Å². The SMILES string of the molecule is c1ccc(-n2c3ccccc3c3ccc(-c4nc(-n5c6ccc7c8ccccc8c8ccccc8c7c6c6ccc7ccccc7c65)nc5oc6ccccc6c45)cc32)cc1. The van der Waals surface area contributed by atoms with Crippen molar-refractivity contribution in [3.8, 4) is 22.9 Å². The Morgan fingerprint density at radius 2 is 0.967 bits per heavy atom. The van der Waals surface area contributed by atoms with Gasteiger partial charge in [0.1, 0.15) is 5.58 Å². The number of benzene rings is 10. The van der Waals surface area contributed by atoms with Crippen LogP contribution in [0.1, 0.15) is 0 Å². The lowest BCUT2D eigenvalue weighted by Gasteiger charge is -2.13. The van der Waals surface area contributed by atoms with E-state index in [9.17, 15) is 0 Å². The number of fused-ring (bicyclic) bond motifs is 18. The Kier molecular flexibility index (Phi) is 6.49. The Morgan fingerprint density at radius 1 is 0.361 bits per heavy atom. The number of nitrogens with zero attached hydrogens (tertiary/aromatic N) is 4. The maximum atomic E-state index is 6.70. The summed E-state index contributed by atoms with van der Waals surface area (Å²) in [7, 11) is 0. The molecule has 0 spiro atoms. The number of hydrogen-bond donors (Lipinski definition) is 0. The van der Waals surface area contributed by atoms with Gasteiger partial charge in [-0.3, -0.25) is 4.57 Å². The van der Waals surface area contributed by atoms with Crippen molar-refractivity contribution in [2.24, 2.45) is 0 Å². The van der Waals surface area contributed by atoms with Crippen molar-refractivity contribution in [2.75, 3.05) is 0 Å². The van der Waals surface area contributed by atoms with Gasteiger partial charge in [0.05, 0.1) is 33.1 Å². The Labute approximate surface area is 347 Å². The minimum absolute atomic E-state index is 0.553. The molecule has 0 radical (unpaired) electrons. The summed E-state index contributed by atoms with van der Waals surface area (Å²) in [5.74, 6) is 0.561. The Bertz CT molecular complexity index is 4140. The molecule has 61 heavy (non-hydrogen) atoms. The van der Waals surface area contributed by atoms with Crippen LogP contribution < -0.4 is 0 Å². The zero-order valence-corrected chi connectivity index (χ0v) is 32.7. The van der Waals surface area contributed by atoms with Gasteiger partial charge in [-0.2, -0.15) is 4.98 Å². The highest BCUT2D eigenvalue weighted by molar-refractivity contribution is 6.36. The highest BCUT2D eigenvalue weighted by Crippen LogP contribution is 2.46. The fourth-order valence-electron chi connectivity index (χ4n) is 10.4. The largest absolute Gasteiger partial charge is 0.437 e. The average Bonchev–Trinajstić information content (AvgIpc) is 3.99. The molecule has 0 amide bonds. The normalized spacial score (nSPS) is 12.3. The van der Waals surface area contributed by atoms with Crippen LogP contribution in [-0.4, -0.2) is 19.1 Å². The zero-order chi connectivity index (χ0) is 39.8. The molecular formula is C56H32N4O. The fourth-order valence-corrected chi connectivity index (χ4v) is 10.4. The van der Waals surface area contributed by atoms with Gasteiger partial charge in [0.15, 0.2) is 0 Å². The topological polar surface area (TPSA) is 48.8 Å². The Hall–Kier alpha value is -8.28. The first-order chi connectivity index (χ1) is 30.3. The van der Waals surface area contributed by atoms with E-state index in [-0.39, 0.29) is 0 Å². The van der Waals surface area contributed by atoms with E-state index in [4.69, 9.17) is 14.4 Å². The molecule has 0 unspecified atom stereocenters. The Balaban J connectivity index is 1.15. The molecule has 5 nitrogen and oxygen atoms in total. The van der Waals surface area contributed by atoms with E-state index in [2.05, 4.69) is 191 Å². The summed E-state index contributed by atoms with van der Waals surface area (Å²) in [6.07, 6.45) is 0. The second-order valence-electron chi connectivity index (χ2n) is 16.1. The van der Waals surface area contributed by atoms with Crippen LogP contribution in [0.3, 0.4) is 0 Å². The molecule has 10 aromatic carbocycles. The second kappa shape index (κ2) is 12.1. The van der Waals surface area contributed by atoms with E-state index in [1.165, 1.54) is 48.5 Å². The van der Waals surface area contributed by atoms with E-state index in [0.29, 0.717) is 11.7 Å². The molecule has 0 fully saturated rings. The average molecular weight is 777 g/mol. The Morgan fingerprint density at radius 3 is 1.79 bits per heavy atom. The summed E-state index contributed by atoms with van der Waals surface area (Å²) in [5.41, 5.74) is 8.63. The molecule has 14 rings (SSSR count). The van der Waals surface area contributed by atoms with E-state index in [1.807, 2.05) is 12.1 Å². The van der Waals surface area contributed by atoms with E-state index < -0.39 is 0 Å². The summed E-state index contributed by atoms with van der Waals surface area (Å²) >= 11 is 0. The highest BCUT2D eigenvalue weighted by Gasteiger charge is 2.25. The van der Waals surface area contributed by atoms with Crippen molar-refractivity contribution >= 4 is 109 Å². The molecule has 14 aromatic rings. The van der Waals surface area contributed by atoms with Crippen molar-refractivity contribution in [1.82, 2.24) is 19.1 Å². The van der Waals surface area contributed by atoms with Crippen LogP contribution in [0.5, 0.6) is 0 Å². The van der Waals surface area contributed by atoms with Crippen LogP contribution in [0.15, 0.2) is 199 Å². The number of aromatic nitrogens is 4. The van der Waals surface area contributed by atoms with Crippen LogP contribution in [0.25, 0.3) is 132 Å². The molecular weight excluding hydrogens is 745 g/mol. The van der Waals surface area contributed by atoms with Crippen molar-refractivity contribution in [3.63, 3.8) is 0 Å². The van der Waals surface area contributed by atoms with Gasteiger partial charge >= 0.3 is 0 Å². The number of furan rings is 1. The molecule has 4 aromatic heterocycles. The maximum Gasteiger partial charge on any atom is 0.238 e. The van der Waals surface area contributed by atoms with Gasteiger partial charge in [-0.1, -0.05) is 158 Å². The molecule has 4 heterocycles. The number of hydrogen-bond acceptors (Lipinski definition) is 3. The van der Waals surface area contributed by atoms with Crippen molar-refractivity contribution < 1.29 is 4.42 Å². The molecule has 0 aliphatic carbocycles. The molecule has 0 saturated heterocycles. The molecule has 0 aliphatic heterocycles. The highest BCUT2D eigenvalue weighted by atomic mass is 16.3. The van der Waals surface area contributed by atoms with Crippen molar-refractivity contribution in [1.29, 1.82) is 0 Å². The van der Waals surface area contributed by atoms with E-state index >= 15 is 0 Å². The van der Waals surface area contributed by atoms with Gasteiger partial charge in [-0.05, 0) is 68.7 Å². The van der Waals surface area contributed by atoms with Crippen LogP contribution in [-0.2, 0) is 0 Å². The zero-order valence-electron chi connectivity index (χ0n) is 32.7. The predicted octanol–water partition coefficient (Wildman–Crippen LogP) is 14.8. The quantitative estimate of drug-likeness (QED) is 0.168. The summed E-state index contributed by atoms with van der Waals surface area (Å²) in [4.78, 5) is 11.1. The summed E-state index contributed by atoms with van der Waals surface area (Å²) in [6.45, 7) is 0. The molecule has 0 aliphatic rings. The van der Waals surface area contributed by atoms with Gasteiger partial charge in [0.25, 0.3) is 0 Å². The molecule has 5 heteroatoms. The second-order valence-corrected chi connectivity index (χ2v) is 16.1. The third kappa shape index (κ3) is 4.44. The molecule has 0 atom stereocenters. The van der Waals surface area contributed by atoms with E-state index in [0.717, 1.165) is 71.5 Å². The molecule has 0 bridgehead atoms. The third-order valence-electron chi connectivity index (χ3n) is 12.9. The number of para-hydroxylation sites is 3. The van der Waals surface area contributed by atoms with Gasteiger partial charge in [-0.15, -0.1) is 0 Å². The summed E-state index contributed by atoms with van der Waals surface area (Å²) in [5, 5.41) is 16.3. The molecule has 282 valence electrons.